The average molecular weight is 528 g/mol. The predicted octanol–water partition coefficient (Wildman–Crippen LogP) is 5.05. The second-order valence-electron chi connectivity index (χ2n) is 10.3. The number of nitrogens with one attached hydrogen (secondary N) is 1. The Labute approximate surface area is 228 Å². The third kappa shape index (κ3) is 6.03. The number of piperazine rings is 1. The molecule has 3 aromatic carbocycles. The van der Waals surface area contributed by atoms with Crippen LogP contribution in [-0.2, 0) is 0 Å². The maximum Gasteiger partial charge on any atom is 0.293 e. The Balaban J connectivity index is 1.19. The van der Waals surface area contributed by atoms with Crippen LogP contribution < -0.4 is 15.1 Å². The molecule has 0 saturated carbocycles. The van der Waals surface area contributed by atoms with Crippen LogP contribution in [0.1, 0.15) is 40.5 Å². The molecule has 2 fully saturated rings. The van der Waals surface area contributed by atoms with Crippen LogP contribution >= 0.6 is 0 Å². The highest BCUT2D eigenvalue weighted by Crippen LogP contribution is 2.32. The molecule has 9 nitrogen and oxygen atoms in total. The number of amides is 2. The van der Waals surface area contributed by atoms with Crippen molar-refractivity contribution in [3.05, 3.63) is 94.0 Å². The molecular weight excluding hydrogens is 494 g/mol. The van der Waals surface area contributed by atoms with Crippen molar-refractivity contribution in [1.29, 1.82) is 0 Å². The van der Waals surface area contributed by atoms with Crippen molar-refractivity contribution in [2.75, 3.05) is 54.4 Å². The van der Waals surface area contributed by atoms with Crippen molar-refractivity contribution in [1.82, 2.24) is 4.90 Å². The van der Waals surface area contributed by atoms with Gasteiger partial charge in [0.1, 0.15) is 5.69 Å². The molecular formula is C30H33N5O4. The Kier molecular flexibility index (Phi) is 7.76. The monoisotopic (exact) mass is 527 g/mol. The Hall–Kier alpha value is -4.40. The fraction of sp³-hybridized carbons (Fsp3) is 0.333. The number of hydrogen-bond donors (Lipinski definition) is 1. The van der Waals surface area contributed by atoms with Gasteiger partial charge in [0.2, 0.25) is 0 Å². The van der Waals surface area contributed by atoms with Gasteiger partial charge in [-0.25, -0.2) is 0 Å². The van der Waals surface area contributed by atoms with Crippen molar-refractivity contribution in [3.8, 4) is 0 Å². The largest absolute Gasteiger partial charge is 0.368 e. The van der Waals surface area contributed by atoms with Crippen molar-refractivity contribution < 1.29 is 14.5 Å². The Morgan fingerprint density at radius 2 is 1.49 bits per heavy atom. The van der Waals surface area contributed by atoms with E-state index in [4.69, 9.17) is 0 Å². The van der Waals surface area contributed by atoms with Crippen molar-refractivity contribution in [2.24, 2.45) is 5.92 Å². The second-order valence-corrected chi connectivity index (χ2v) is 10.3. The van der Waals surface area contributed by atoms with Gasteiger partial charge in [0, 0.05) is 67.8 Å². The van der Waals surface area contributed by atoms with Crippen molar-refractivity contribution >= 4 is 34.6 Å². The number of nitrogens with zero attached hydrogens (tertiary/aromatic N) is 4. The van der Waals surface area contributed by atoms with Gasteiger partial charge in [0.05, 0.1) is 4.92 Å². The summed E-state index contributed by atoms with van der Waals surface area (Å²) in [6.07, 6.45) is 1.99. The van der Waals surface area contributed by atoms with Gasteiger partial charge in [-0.3, -0.25) is 19.7 Å². The first-order valence-electron chi connectivity index (χ1n) is 13.4. The van der Waals surface area contributed by atoms with Crippen LogP contribution in [0.25, 0.3) is 0 Å². The summed E-state index contributed by atoms with van der Waals surface area (Å²) in [6.45, 7) is 6.46. The Morgan fingerprint density at radius 3 is 2.13 bits per heavy atom. The molecule has 0 bridgehead atoms. The predicted molar refractivity (Wildman–Crippen MR) is 153 cm³/mol. The molecule has 0 atom stereocenters. The minimum absolute atomic E-state index is 0.0440. The number of rotatable bonds is 6. The number of nitro benzene ring substituents is 1. The zero-order valence-electron chi connectivity index (χ0n) is 22.1. The number of hydrogen-bond acceptors (Lipinski definition) is 6. The molecule has 1 N–H and O–H groups in total. The van der Waals surface area contributed by atoms with E-state index in [-0.39, 0.29) is 17.2 Å². The summed E-state index contributed by atoms with van der Waals surface area (Å²) in [5.41, 5.74) is 3.09. The maximum absolute atomic E-state index is 12.9. The van der Waals surface area contributed by atoms with Crippen LogP contribution in [0.15, 0.2) is 72.8 Å². The molecule has 0 spiro atoms. The van der Waals surface area contributed by atoms with Gasteiger partial charge in [0.25, 0.3) is 17.5 Å². The van der Waals surface area contributed by atoms with Gasteiger partial charge in [-0.15, -0.1) is 0 Å². The van der Waals surface area contributed by atoms with E-state index in [2.05, 4.69) is 17.1 Å². The summed E-state index contributed by atoms with van der Waals surface area (Å²) in [7, 11) is 0. The number of carbonyl (C=O) groups excluding carboxylic acids is 2. The topological polar surface area (TPSA) is 99.0 Å². The molecule has 39 heavy (non-hydrogen) atoms. The van der Waals surface area contributed by atoms with E-state index in [1.54, 1.807) is 12.1 Å². The fourth-order valence-electron chi connectivity index (χ4n) is 5.22. The molecule has 2 saturated heterocycles. The molecule has 3 aromatic rings. The van der Waals surface area contributed by atoms with Crippen LogP contribution in [0.2, 0.25) is 0 Å². The lowest BCUT2D eigenvalue weighted by Gasteiger charge is -2.36. The third-order valence-electron chi connectivity index (χ3n) is 7.64. The Bertz CT molecular complexity index is 1330. The lowest BCUT2D eigenvalue weighted by Crippen LogP contribution is -2.48. The summed E-state index contributed by atoms with van der Waals surface area (Å²) in [4.78, 5) is 43.1. The zero-order chi connectivity index (χ0) is 27.4. The van der Waals surface area contributed by atoms with E-state index >= 15 is 0 Å². The first-order valence-corrected chi connectivity index (χ1v) is 13.4. The molecule has 2 aliphatic rings. The van der Waals surface area contributed by atoms with E-state index in [0.717, 1.165) is 44.7 Å². The SMILES string of the molecule is CC1CCN(c2ccc(C(=O)Nc3ccc(N4CCN(C(=O)c5ccccc5)CC4)cc3)cc2[N+](=O)[O-])CC1. The lowest BCUT2D eigenvalue weighted by molar-refractivity contribution is -0.384. The standard InChI is InChI=1S/C30H33N5O4/c1-22-13-15-33(16-14-22)27-12-7-24(21-28(27)35(38)39)29(36)31-25-8-10-26(11-9-25)32-17-19-34(20-18-32)30(37)23-5-3-2-4-6-23/h2-12,21-22H,13-20H2,1H3,(H,31,36). The quantitative estimate of drug-likeness (QED) is 0.356. The molecule has 0 radical (unpaired) electrons. The van der Waals surface area contributed by atoms with Gasteiger partial charge in [-0.05, 0) is 67.3 Å². The summed E-state index contributed by atoms with van der Waals surface area (Å²) >= 11 is 0. The van der Waals surface area contributed by atoms with Gasteiger partial charge in [-0.2, -0.15) is 0 Å². The van der Waals surface area contributed by atoms with Gasteiger partial charge in [0.15, 0.2) is 0 Å². The van der Waals surface area contributed by atoms with Gasteiger partial charge in [-0.1, -0.05) is 25.1 Å². The summed E-state index contributed by atoms with van der Waals surface area (Å²) in [5.74, 6) is 0.273. The molecule has 5 rings (SSSR count). The molecule has 0 aromatic heterocycles. The van der Waals surface area contributed by atoms with Crippen LogP contribution in [0.3, 0.4) is 0 Å². The van der Waals surface area contributed by atoms with Crippen LogP contribution in [-0.4, -0.2) is 60.9 Å². The highest BCUT2D eigenvalue weighted by atomic mass is 16.6. The summed E-state index contributed by atoms with van der Waals surface area (Å²) in [6, 6.07) is 21.6. The zero-order valence-corrected chi connectivity index (χ0v) is 22.1. The summed E-state index contributed by atoms with van der Waals surface area (Å²) in [5, 5.41) is 14.7. The van der Waals surface area contributed by atoms with E-state index < -0.39 is 10.8 Å². The number of piperidine rings is 1. The lowest BCUT2D eigenvalue weighted by atomic mass is 9.98. The third-order valence-corrected chi connectivity index (χ3v) is 7.64. The Morgan fingerprint density at radius 1 is 0.821 bits per heavy atom. The first-order chi connectivity index (χ1) is 18.9. The van der Waals surface area contributed by atoms with Crippen molar-refractivity contribution in [2.45, 2.75) is 19.8 Å². The number of benzene rings is 3. The van der Waals surface area contributed by atoms with Gasteiger partial charge < -0.3 is 20.0 Å². The number of nitro groups is 1. The van der Waals surface area contributed by atoms with E-state index in [1.807, 2.05) is 64.4 Å². The molecule has 2 aliphatic heterocycles. The van der Waals surface area contributed by atoms with Crippen LogP contribution in [0, 0.1) is 16.0 Å². The normalized spacial score (nSPS) is 16.2. The molecule has 0 unspecified atom stereocenters. The van der Waals surface area contributed by atoms with Crippen LogP contribution in [0.4, 0.5) is 22.7 Å². The molecule has 2 amide bonds. The average Bonchev–Trinajstić information content (AvgIpc) is 2.98. The molecule has 0 aliphatic carbocycles. The highest BCUT2D eigenvalue weighted by molar-refractivity contribution is 6.05. The van der Waals surface area contributed by atoms with E-state index in [9.17, 15) is 19.7 Å². The highest BCUT2D eigenvalue weighted by Gasteiger charge is 2.25. The van der Waals surface area contributed by atoms with Crippen molar-refractivity contribution in [3.63, 3.8) is 0 Å². The van der Waals surface area contributed by atoms with Gasteiger partial charge >= 0.3 is 0 Å². The van der Waals surface area contributed by atoms with E-state index in [1.165, 1.54) is 6.07 Å². The maximum atomic E-state index is 12.9. The smallest absolute Gasteiger partial charge is 0.293 e. The number of anilines is 3. The van der Waals surface area contributed by atoms with E-state index in [0.29, 0.717) is 35.9 Å². The fourth-order valence-corrected chi connectivity index (χ4v) is 5.22. The molecule has 2 heterocycles. The molecule has 202 valence electrons. The first kappa shape index (κ1) is 26.2. The minimum atomic E-state index is -0.411. The number of carbonyl (C=O) groups is 2. The summed E-state index contributed by atoms with van der Waals surface area (Å²) < 4.78 is 0. The molecule has 9 heteroatoms. The van der Waals surface area contributed by atoms with Crippen LogP contribution in [0.5, 0.6) is 0 Å². The minimum Gasteiger partial charge on any atom is -0.368 e. The second kappa shape index (κ2) is 11.6.